The molecule has 1 fully saturated rings. The predicted molar refractivity (Wildman–Crippen MR) is 115 cm³/mol. The summed E-state index contributed by atoms with van der Waals surface area (Å²) in [6.45, 7) is 1.44. The summed E-state index contributed by atoms with van der Waals surface area (Å²) in [5.74, 6) is -0.991. The molecule has 0 radical (unpaired) electrons. The van der Waals surface area contributed by atoms with Crippen molar-refractivity contribution in [2.24, 2.45) is 0 Å². The van der Waals surface area contributed by atoms with Crippen molar-refractivity contribution in [2.45, 2.75) is 44.6 Å². The maximum atomic E-state index is 13.3. The maximum absolute atomic E-state index is 13.3. The zero-order valence-electron chi connectivity index (χ0n) is 17.5. The highest BCUT2D eigenvalue weighted by atomic mass is 19.1. The number of nitrogens with zero attached hydrogens (tertiary/aromatic N) is 2. The minimum Gasteiger partial charge on any atom is -0.463 e. The fourth-order valence-electron chi connectivity index (χ4n) is 3.83. The lowest BCUT2D eigenvalue weighted by molar-refractivity contribution is -0.147. The van der Waals surface area contributed by atoms with Crippen LogP contribution in [0, 0.1) is 5.82 Å². The first-order chi connectivity index (χ1) is 15.5. The summed E-state index contributed by atoms with van der Waals surface area (Å²) in [7, 11) is 0. The monoisotopic (exact) mass is 438 g/mol. The molecule has 2 aromatic carbocycles. The molecule has 1 aromatic heterocycles. The lowest BCUT2D eigenvalue weighted by Crippen LogP contribution is -2.22. The van der Waals surface area contributed by atoms with E-state index in [0.29, 0.717) is 17.3 Å². The van der Waals surface area contributed by atoms with E-state index in [1.54, 1.807) is 6.07 Å². The van der Waals surface area contributed by atoms with Crippen molar-refractivity contribution in [2.75, 3.05) is 10.6 Å². The van der Waals surface area contributed by atoms with E-state index in [4.69, 9.17) is 9.15 Å². The summed E-state index contributed by atoms with van der Waals surface area (Å²) in [6, 6.07) is 13.4. The van der Waals surface area contributed by atoms with Gasteiger partial charge in [0.05, 0.1) is 0 Å². The third-order valence-corrected chi connectivity index (χ3v) is 5.34. The number of carbonyl (C=O) groups is 2. The van der Waals surface area contributed by atoms with E-state index in [9.17, 15) is 14.0 Å². The van der Waals surface area contributed by atoms with Crippen molar-refractivity contribution >= 4 is 29.3 Å². The number of carbonyl (C=O) groups excluding carboxylic acids is 2. The highest BCUT2D eigenvalue weighted by molar-refractivity contribution is 6.00. The van der Waals surface area contributed by atoms with Crippen molar-refractivity contribution in [1.82, 2.24) is 10.2 Å². The number of esters is 1. The molecular formula is C23H23FN4O4. The largest absolute Gasteiger partial charge is 0.463 e. The minimum absolute atomic E-state index is 0.0111. The SMILES string of the molecule is CC(=O)O[C@H]1CC[C@H](c2ccc(NC(=O)c3nnc(Nc4cccc(F)c4)o3)cc2)CC1. The van der Waals surface area contributed by atoms with E-state index >= 15 is 0 Å². The van der Waals surface area contributed by atoms with E-state index in [-0.39, 0.29) is 24.0 Å². The van der Waals surface area contributed by atoms with E-state index in [2.05, 4.69) is 20.8 Å². The lowest BCUT2D eigenvalue weighted by atomic mass is 9.82. The summed E-state index contributed by atoms with van der Waals surface area (Å²) in [6.07, 6.45) is 3.62. The van der Waals surface area contributed by atoms with Gasteiger partial charge in [-0.3, -0.25) is 9.59 Å². The number of hydrogen-bond acceptors (Lipinski definition) is 7. The van der Waals surface area contributed by atoms with Crippen LogP contribution in [0.5, 0.6) is 0 Å². The molecule has 2 N–H and O–H groups in total. The summed E-state index contributed by atoms with van der Waals surface area (Å²) < 4.78 is 23.9. The number of rotatable bonds is 6. The van der Waals surface area contributed by atoms with Gasteiger partial charge in [0.1, 0.15) is 11.9 Å². The summed E-state index contributed by atoms with van der Waals surface area (Å²) >= 11 is 0. The molecule has 0 aliphatic heterocycles. The number of aromatic nitrogens is 2. The zero-order chi connectivity index (χ0) is 22.5. The van der Waals surface area contributed by atoms with Crippen LogP contribution in [0.4, 0.5) is 21.8 Å². The highest BCUT2D eigenvalue weighted by Gasteiger charge is 2.24. The first-order valence-electron chi connectivity index (χ1n) is 10.4. The van der Waals surface area contributed by atoms with Gasteiger partial charge >= 0.3 is 23.8 Å². The van der Waals surface area contributed by atoms with Gasteiger partial charge in [-0.25, -0.2) is 4.39 Å². The molecule has 0 spiro atoms. The molecule has 0 unspecified atom stereocenters. The maximum Gasteiger partial charge on any atom is 0.320 e. The quantitative estimate of drug-likeness (QED) is 0.533. The van der Waals surface area contributed by atoms with Crippen LogP contribution in [-0.2, 0) is 9.53 Å². The Balaban J connectivity index is 1.31. The molecule has 1 amide bonds. The van der Waals surface area contributed by atoms with Gasteiger partial charge in [0.25, 0.3) is 0 Å². The fourth-order valence-corrected chi connectivity index (χ4v) is 3.83. The molecule has 9 heteroatoms. The van der Waals surface area contributed by atoms with E-state index in [0.717, 1.165) is 25.7 Å². The Morgan fingerprint density at radius 2 is 1.78 bits per heavy atom. The van der Waals surface area contributed by atoms with Gasteiger partial charge in [-0.05, 0) is 67.5 Å². The zero-order valence-corrected chi connectivity index (χ0v) is 17.5. The van der Waals surface area contributed by atoms with Gasteiger partial charge in [0.15, 0.2) is 0 Å². The summed E-state index contributed by atoms with van der Waals surface area (Å²) in [5.41, 5.74) is 2.21. The number of hydrogen-bond donors (Lipinski definition) is 2. The van der Waals surface area contributed by atoms with Gasteiger partial charge in [0.2, 0.25) is 0 Å². The third-order valence-electron chi connectivity index (χ3n) is 5.34. The molecule has 0 saturated heterocycles. The Hall–Kier alpha value is -3.75. The first-order valence-corrected chi connectivity index (χ1v) is 10.4. The first kappa shape index (κ1) is 21.5. The van der Waals surface area contributed by atoms with Crippen LogP contribution < -0.4 is 10.6 Å². The molecule has 1 aliphatic rings. The van der Waals surface area contributed by atoms with Crippen LogP contribution in [0.3, 0.4) is 0 Å². The second kappa shape index (κ2) is 9.59. The molecule has 0 bridgehead atoms. The van der Waals surface area contributed by atoms with Crippen LogP contribution in [-0.4, -0.2) is 28.2 Å². The molecular weight excluding hydrogens is 415 g/mol. The van der Waals surface area contributed by atoms with Crippen LogP contribution in [0.1, 0.15) is 54.8 Å². The van der Waals surface area contributed by atoms with Gasteiger partial charge in [-0.2, -0.15) is 0 Å². The van der Waals surface area contributed by atoms with Crippen molar-refractivity contribution < 1.29 is 23.1 Å². The van der Waals surface area contributed by atoms with Gasteiger partial charge in [-0.1, -0.05) is 23.3 Å². The molecule has 3 aromatic rings. The van der Waals surface area contributed by atoms with E-state index in [1.807, 2.05) is 24.3 Å². The second-order valence-corrected chi connectivity index (χ2v) is 7.71. The minimum atomic E-state index is -0.542. The molecule has 166 valence electrons. The third kappa shape index (κ3) is 5.48. The Morgan fingerprint density at radius 1 is 1.03 bits per heavy atom. The summed E-state index contributed by atoms with van der Waals surface area (Å²) in [4.78, 5) is 23.5. The topological polar surface area (TPSA) is 106 Å². The number of anilines is 3. The lowest BCUT2D eigenvalue weighted by Gasteiger charge is -2.28. The number of halogens is 1. The van der Waals surface area contributed by atoms with E-state index < -0.39 is 11.7 Å². The highest BCUT2D eigenvalue weighted by Crippen LogP contribution is 2.34. The summed E-state index contributed by atoms with van der Waals surface area (Å²) in [5, 5.41) is 13.0. The Morgan fingerprint density at radius 3 is 2.47 bits per heavy atom. The molecule has 1 aliphatic carbocycles. The predicted octanol–water partition coefficient (Wildman–Crippen LogP) is 4.79. The second-order valence-electron chi connectivity index (χ2n) is 7.71. The van der Waals surface area contributed by atoms with Gasteiger partial charge in [0, 0.05) is 18.3 Å². The van der Waals surface area contributed by atoms with Gasteiger partial charge in [-0.15, -0.1) is 5.10 Å². The number of benzene rings is 2. The standard InChI is InChI=1S/C23H23FN4O4/c1-14(29)31-20-11-7-16(8-12-20)15-5-9-18(10-6-15)25-21(30)22-27-28-23(32-22)26-19-4-2-3-17(24)13-19/h2-6,9-10,13,16,20H,7-8,11-12H2,1H3,(H,25,30)(H,26,28)/t16-,20-. The number of ether oxygens (including phenoxy) is 1. The molecule has 8 nitrogen and oxygen atoms in total. The average Bonchev–Trinajstić information content (AvgIpc) is 3.23. The van der Waals surface area contributed by atoms with Crippen molar-refractivity contribution in [3.05, 3.63) is 65.8 Å². The number of nitrogens with one attached hydrogen (secondary N) is 2. The smallest absolute Gasteiger partial charge is 0.320 e. The van der Waals surface area contributed by atoms with Crippen LogP contribution >= 0.6 is 0 Å². The van der Waals surface area contributed by atoms with Crippen molar-refractivity contribution in [1.29, 1.82) is 0 Å². The molecule has 4 rings (SSSR count). The van der Waals surface area contributed by atoms with Crippen LogP contribution in [0.2, 0.25) is 0 Å². The van der Waals surface area contributed by atoms with Crippen LogP contribution in [0.15, 0.2) is 52.9 Å². The van der Waals surface area contributed by atoms with Crippen molar-refractivity contribution in [3.8, 4) is 0 Å². The molecule has 0 atom stereocenters. The number of amides is 1. The normalized spacial score (nSPS) is 18.1. The van der Waals surface area contributed by atoms with Crippen LogP contribution in [0.25, 0.3) is 0 Å². The molecule has 1 heterocycles. The average molecular weight is 438 g/mol. The van der Waals surface area contributed by atoms with E-state index in [1.165, 1.54) is 30.7 Å². The van der Waals surface area contributed by atoms with Crippen molar-refractivity contribution in [3.63, 3.8) is 0 Å². The fraction of sp³-hybridized carbons (Fsp3) is 0.304. The van der Waals surface area contributed by atoms with Gasteiger partial charge < -0.3 is 19.8 Å². The Kier molecular flexibility index (Phi) is 6.44. The molecule has 32 heavy (non-hydrogen) atoms. The Bertz CT molecular complexity index is 1090. The molecule has 1 saturated carbocycles. The Labute approximate surface area is 184 Å².